The number of benzene rings is 1. The van der Waals surface area contributed by atoms with E-state index in [4.69, 9.17) is 5.73 Å². The van der Waals surface area contributed by atoms with Crippen LogP contribution in [0.25, 0.3) is 5.69 Å². The van der Waals surface area contributed by atoms with E-state index in [2.05, 4.69) is 10.3 Å². The van der Waals surface area contributed by atoms with Gasteiger partial charge in [-0.2, -0.15) is 0 Å². The van der Waals surface area contributed by atoms with E-state index in [1.54, 1.807) is 12.5 Å². The highest BCUT2D eigenvalue weighted by atomic mass is 16.2. The second-order valence-corrected chi connectivity index (χ2v) is 5.06. The van der Waals surface area contributed by atoms with Crippen LogP contribution in [0.15, 0.2) is 43.0 Å². The smallest absolute Gasteiger partial charge is 0.231 e. The normalized spacial score (nSPS) is 11.3. The maximum absolute atomic E-state index is 12.1. The third-order valence-electron chi connectivity index (χ3n) is 3.03. The molecule has 0 aliphatic carbocycles. The Kier molecular flexibility index (Phi) is 3.66. The van der Waals surface area contributed by atoms with Crippen LogP contribution in [-0.2, 0) is 4.79 Å². The Balaban J connectivity index is 2.19. The van der Waals surface area contributed by atoms with Gasteiger partial charge in [-0.25, -0.2) is 4.98 Å². The van der Waals surface area contributed by atoms with Crippen LogP contribution in [0, 0.1) is 5.41 Å². The molecule has 0 bridgehead atoms. The Morgan fingerprint density at radius 3 is 2.89 bits per heavy atom. The number of nitrogens with zero attached hydrogens (tertiary/aromatic N) is 2. The number of imidazole rings is 1. The van der Waals surface area contributed by atoms with Gasteiger partial charge in [-0.05, 0) is 32.0 Å². The zero-order valence-corrected chi connectivity index (χ0v) is 11.1. The number of carbonyl (C=O) groups excluding carboxylic acids is 1. The molecule has 1 aromatic carbocycles. The van der Waals surface area contributed by atoms with Crippen LogP contribution < -0.4 is 11.1 Å². The summed E-state index contributed by atoms with van der Waals surface area (Å²) in [7, 11) is 0. The molecule has 0 radical (unpaired) electrons. The Morgan fingerprint density at radius 1 is 1.47 bits per heavy atom. The molecule has 0 unspecified atom stereocenters. The lowest BCUT2D eigenvalue weighted by molar-refractivity contribution is -0.123. The van der Waals surface area contributed by atoms with Crippen molar-refractivity contribution < 1.29 is 4.79 Å². The zero-order valence-electron chi connectivity index (χ0n) is 11.1. The third-order valence-corrected chi connectivity index (χ3v) is 3.03. The summed E-state index contributed by atoms with van der Waals surface area (Å²) in [4.78, 5) is 16.1. The molecule has 0 aliphatic rings. The maximum atomic E-state index is 12.1. The quantitative estimate of drug-likeness (QED) is 0.878. The number of rotatable bonds is 4. The van der Waals surface area contributed by atoms with E-state index in [0.29, 0.717) is 6.54 Å². The van der Waals surface area contributed by atoms with E-state index in [1.807, 2.05) is 48.9 Å². The lowest BCUT2D eigenvalue weighted by atomic mass is 9.92. The number of carbonyl (C=O) groups is 1. The summed E-state index contributed by atoms with van der Waals surface area (Å²) in [6.45, 7) is 3.95. The highest BCUT2D eigenvalue weighted by Gasteiger charge is 2.25. The first-order valence-corrected chi connectivity index (χ1v) is 6.13. The van der Waals surface area contributed by atoms with Crippen molar-refractivity contribution in [3.8, 4) is 5.69 Å². The van der Waals surface area contributed by atoms with Gasteiger partial charge in [-0.3, -0.25) is 4.79 Å². The fourth-order valence-electron chi connectivity index (χ4n) is 1.55. The fraction of sp³-hybridized carbons (Fsp3) is 0.286. The van der Waals surface area contributed by atoms with Crippen molar-refractivity contribution in [2.75, 3.05) is 11.9 Å². The van der Waals surface area contributed by atoms with Gasteiger partial charge < -0.3 is 15.6 Å². The third kappa shape index (κ3) is 3.00. The lowest BCUT2D eigenvalue weighted by Gasteiger charge is -2.21. The number of hydrogen-bond acceptors (Lipinski definition) is 3. The predicted octanol–water partition coefficient (Wildman–Crippen LogP) is 1.80. The number of nitrogens with one attached hydrogen (secondary N) is 1. The first kappa shape index (κ1) is 13.3. The molecule has 1 aromatic heterocycles. The maximum Gasteiger partial charge on any atom is 0.231 e. The van der Waals surface area contributed by atoms with Gasteiger partial charge in [0.05, 0.1) is 11.7 Å². The summed E-state index contributed by atoms with van der Waals surface area (Å²) < 4.78 is 1.88. The first-order chi connectivity index (χ1) is 9.03. The molecule has 100 valence electrons. The van der Waals surface area contributed by atoms with Gasteiger partial charge in [-0.15, -0.1) is 0 Å². The van der Waals surface area contributed by atoms with Crippen LogP contribution in [0.1, 0.15) is 13.8 Å². The summed E-state index contributed by atoms with van der Waals surface area (Å²) in [5, 5.41) is 2.88. The van der Waals surface area contributed by atoms with Crippen molar-refractivity contribution in [1.29, 1.82) is 0 Å². The van der Waals surface area contributed by atoms with Crippen LogP contribution in [0.2, 0.25) is 0 Å². The van der Waals surface area contributed by atoms with Crippen LogP contribution in [-0.4, -0.2) is 22.0 Å². The number of aromatic nitrogens is 2. The molecule has 0 aliphatic heterocycles. The Bertz CT molecular complexity index is 561. The van der Waals surface area contributed by atoms with Crippen molar-refractivity contribution in [1.82, 2.24) is 9.55 Å². The molecule has 0 atom stereocenters. The van der Waals surface area contributed by atoms with Crippen molar-refractivity contribution in [3.63, 3.8) is 0 Å². The Hall–Kier alpha value is -2.14. The molecule has 0 spiro atoms. The van der Waals surface area contributed by atoms with E-state index in [-0.39, 0.29) is 5.91 Å². The van der Waals surface area contributed by atoms with Crippen LogP contribution in [0.3, 0.4) is 0 Å². The van der Waals surface area contributed by atoms with Gasteiger partial charge in [0.15, 0.2) is 0 Å². The summed E-state index contributed by atoms with van der Waals surface area (Å²) >= 11 is 0. The summed E-state index contributed by atoms with van der Waals surface area (Å²) in [6, 6.07) is 7.59. The second kappa shape index (κ2) is 5.24. The SMILES string of the molecule is CC(C)(CN)C(=O)Nc1cccc(-n2ccnc2)c1. The minimum Gasteiger partial charge on any atom is -0.329 e. The van der Waals surface area contributed by atoms with E-state index in [0.717, 1.165) is 11.4 Å². The monoisotopic (exact) mass is 258 g/mol. The van der Waals surface area contributed by atoms with Gasteiger partial charge in [0, 0.05) is 30.3 Å². The molecule has 1 amide bonds. The van der Waals surface area contributed by atoms with E-state index >= 15 is 0 Å². The fourth-order valence-corrected chi connectivity index (χ4v) is 1.55. The Labute approximate surface area is 112 Å². The molecule has 0 saturated carbocycles. The molecule has 19 heavy (non-hydrogen) atoms. The van der Waals surface area contributed by atoms with Crippen LogP contribution >= 0.6 is 0 Å². The molecule has 3 N–H and O–H groups in total. The van der Waals surface area contributed by atoms with Gasteiger partial charge in [-0.1, -0.05) is 6.07 Å². The highest BCUT2D eigenvalue weighted by Crippen LogP contribution is 2.19. The standard InChI is InChI=1S/C14H18N4O/c1-14(2,9-15)13(19)17-11-4-3-5-12(8-11)18-7-6-16-10-18/h3-8,10H,9,15H2,1-2H3,(H,17,19). The number of amides is 1. The molecule has 0 saturated heterocycles. The first-order valence-electron chi connectivity index (χ1n) is 6.13. The van der Waals surface area contributed by atoms with Crippen molar-refractivity contribution in [2.24, 2.45) is 11.1 Å². The van der Waals surface area contributed by atoms with Crippen LogP contribution in [0.4, 0.5) is 5.69 Å². The molecule has 5 heteroatoms. The van der Waals surface area contributed by atoms with Crippen molar-refractivity contribution in [3.05, 3.63) is 43.0 Å². The van der Waals surface area contributed by atoms with Gasteiger partial charge in [0.25, 0.3) is 0 Å². The number of anilines is 1. The molecule has 2 aromatic rings. The number of nitrogens with two attached hydrogens (primary N) is 1. The largest absolute Gasteiger partial charge is 0.329 e. The molecular formula is C14H18N4O. The molecule has 2 rings (SSSR count). The van der Waals surface area contributed by atoms with E-state index in [9.17, 15) is 4.79 Å². The molecule has 0 fully saturated rings. The van der Waals surface area contributed by atoms with Gasteiger partial charge >= 0.3 is 0 Å². The molecule has 1 heterocycles. The Morgan fingerprint density at radius 2 is 2.26 bits per heavy atom. The highest BCUT2D eigenvalue weighted by molar-refractivity contribution is 5.95. The minimum atomic E-state index is -0.578. The minimum absolute atomic E-state index is 0.0854. The molecule has 5 nitrogen and oxygen atoms in total. The van der Waals surface area contributed by atoms with Gasteiger partial charge in [0.1, 0.15) is 0 Å². The summed E-state index contributed by atoms with van der Waals surface area (Å²) in [6.07, 6.45) is 5.28. The molecular weight excluding hydrogens is 240 g/mol. The predicted molar refractivity (Wildman–Crippen MR) is 75.0 cm³/mol. The average molecular weight is 258 g/mol. The second-order valence-electron chi connectivity index (χ2n) is 5.06. The van der Waals surface area contributed by atoms with Crippen LogP contribution in [0.5, 0.6) is 0 Å². The lowest BCUT2D eigenvalue weighted by Crippen LogP contribution is -2.37. The van der Waals surface area contributed by atoms with Gasteiger partial charge in [0.2, 0.25) is 5.91 Å². The van der Waals surface area contributed by atoms with E-state index in [1.165, 1.54) is 0 Å². The summed E-state index contributed by atoms with van der Waals surface area (Å²) in [5.74, 6) is -0.0854. The van der Waals surface area contributed by atoms with Crippen molar-refractivity contribution >= 4 is 11.6 Å². The number of hydrogen-bond donors (Lipinski definition) is 2. The topological polar surface area (TPSA) is 72.9 Å². The summed E-state index contributed by atoms with van der Waals surface area (Å²) in [5.41, 5.74) is 6.71. The zero-order chi connectivity index (χ0) is 13.9. The van der Waals surface area contributed by atoms with E-state index < -0.39 is 5.41 Å². The average Bonchev–Trinajstić information content (AvgIpc) is 2.93. The van der Waals surface area contributed by atoms with Crippen molar-refractivity contribution in [2.45, 2.75) is 13.8 Å².